The first-order valence-electron chi connectivity index (χ1n) is 9.65. The van der Waals surface area contributed by atoms with Gasteiger partial charge in [-0.05, 0) is 36.1 Å². The van der Waals surface area contributed by atoms with Gasteiger partial charge in [0.2, 0.25) is 0 Å². The molecule has 32 heavy (non-hydrogen) atoms. The molecule has 0 bridgehead atoms. The average molecular weight is 479 g/mol. The van der Waals surface area contributed by atoms with Crippen LogP contribution in [0.1, 0.15) is 12.6 Å². The van der Waals surface area contributed by atoms with Gasteiger partial charge in [0, 0.05) is 29.6 Å². The third kappa shape index (κ3) is 3.91. The van der Waals surface area contributed by atoms with Crippen LogP contribution in [-0.2, 0) is 20.3 Å². The highest BCUT2D eigenvalue weighted by Crippen LogP contribution is 2.34. The van der Waals surface area contributed by atoms with E-state index in [9.17, 15) is 18.0 Å². The largest absolute Gasteiger partial charge is 0.431 e. The zero-order chi connectivity index (χ0) is 23.2. The van der Waals surface area contributed by atoms with E-state index in [4.69, 9.17) is 16.6 Å². The summed E-state index contributed by atoms with van der Waals surface area (Å²) in [5.74, 6) is 1.09. The molecule has 0 aliphatic rings. The highest BCUT2D eigenvalue weighted by Gasteiger charge is 2.35. The number of thioether (sulfide) groups is 1. The first kappa shape index (κ1) is 22.4. The number of aromatic nitrogens is 4. The summed E-state index contributed by atoms with van der Waals surface area (Å²) in [6, 6.07) is 11.8. The van der Waals surface area contributed by atoms with E-state index in [1.807, 2.05) is 31.2 Å². The zero-order valence-corrected chi connectivity index (χ0v) is 18.9. The van der Waals surface area contributed by atoms with Crippen LogP contribution in [0, 0.1) is 0 Å². The number of hydrogen-bond acceptors (Lipinski definition) is 4. The third-order valence-corrected chi connectivity index (χ3v) is 6.25. The molecule has 0 aliphatic heterocycles. The van der Waals surface area contributed by atoms with Gasteiger partial charge in [-0.25, -0.2) is 9.97 Å². The molecule has 3 heterocycles. The number of nitrogens with zero attached hydrogens (tertiary/aromatic N) is 4. The van der Waals surface area contributed by atoms with Crippen molar-refractivity contribution in [1.82, 2.24) is 19.1 Å². The van der Waals surface area contributed by atoms with Crippen LogP contribution in [0.3, 0.4) is 0 Å². The van der Waals surface area contributed by atoms with Gasteiger partial charge in [-0.3, -0.25) is 4.79 Å². The number of aryl methyl sites for hydroxylation is 1. The lowest BCUT2D eigenvalue weighted by Gasteiger charge is -2.12. The monoisotopic (exact) mass is 478 g/mol. The Labute approximate surface area is 190 Å². The predicted molar refractivity (Wildman–Crippen MR) is 121 cm³/mol. The van der Waals surface area contributed by atoms with Crippen molar-refractivity contribution in [3.8, 4) is 22.8 Å². The molecule has 0 spiro atoms. The summed E-state index contributed by atoms with van der Waals surface area (Å²) in [7, 11) is 2.71. The maximum atomic E-state index is 13.4. The molecule has 0 aliphatic carbocycles. The van der Waals surface area contributed by atoms with Crippen molar-refractivity contribution in [3.63, 3.8) is 0 Å². The quantitative estimate of drug-likeness (QED) is 0.349. The second-order valence-corrected chi connectivity index (χ2v) is 8.85. The Morgan fingerprint density at radius 2 is 1.72 bits per heavy atom. The lowest BCUT2D eigenvalue weighted by atomic mass is 10.1. The normalized spacial score (nSPS) is 12.0. The molecular formula is C22H18ClF3N4OS. The molecule has 5 nitrogen and oxygen atoms in total. The van der Waals surface area contributed by atoms with E-state index >= 15 is 0 Å². The van der Waals surface area contributed by atoms with E-state index in [-0.39, 0.29) is 11.0 Å². The van der Waals surface area contributed by atoms with E-state index in [1.54, 1.807) is 19.2 Å². The van der Waals surface area contributed by atoms with Gasteiger partial charge in [0.05, 0.1) is 11.2 Å². The highest BCUT2D eigenvalue weighted by molar-refractivity contribution is 7.99. The van der Waals surface area contributed by atoms with Gasteiger partial charge in [-0.15, -0.1) is 11.8 Å². The minimum atomic E-state index is -4.67. The summed E-state index contributed by atoms with van der Waals surface area (Å²) in [4.78, 5) is 22.7. The Morgan fingerprint density at radius 1 is 1.03 bits per heavy atom. The summed E-state index contributed by atoms with van der Waals surface area (Å²) in [6.07, 6.45) is -4.67. The molecule has 0 radical (unpaired) electrons. The van der Waals surface area contributed by atoms with Crippen molar-refractivity contribution in [2.45, 2.75) is 18.0 Å². The Balaban J connectivity index is 1.97. The number of imidazole rings is 1. The van der Waals surface area contributed by atoms with E-state index in [0.717, 1.165) is 29.3 Å². The van der Waals surface area contributed by atoms with Gasteiger partial charge < -0.3 is 9.13 Å². The fraction of sp³-hybridized carbons (Fsp3) is 0.227. The van der Waals surface area contributed by atoms with Crippen molar-refractivity contribution in [3.05, 3.63) is 63.5 Å². The van der Waals surface area contributed by atoms with Gasteiger partial charge in [0.15, 0.2) is 5.82 Å². The van der Waals surface area contributed by atoms with Crippen molar-refractivity contribution in [2.75, 3.05) is 5.75 Å². The molecule has 10 heteroatoms. The van der Waals surface area contributed by atoms with Crippen LogP contribution < -0.4 is 5.56 Å². The van der Waals surface area contributed by atoms with Crippen LogP contribution in [0.25, 0.3) is 33.8 Å². The maximum absolute atomic E-state index is 13.4. The maximum Gasteiger partial charge on any atom is 0.431 e. The van der Waals surface area contributed by atoms with E-state index in [1.165, 1.54) is 16.3 Å². The van der Waals surface area contributed by atoms with Crippen molar-refractivity contribution >= 4 is 34.4 Å². The Kier molecular flexibility index (Phi) is 5.81. The lowest BCUT2D eigenvalue weighted by Crippen LogP contribution is -2.26. The number of hydrogen-bond donors (Lipinski definition) is 0. The first-order chi connectivity index (χ1) is 15.1. The average Bonchev–Trinajstić information content (AvgIpc) is 3.07. The topological polar surface area (TPSA) is 52.7 Å². The van der Waals surface area contributed by atoms with Crippen LogP contribution in [0.2, 0.25) is 5.02 Å². The summed E-state index contributed by atoms with van der Waals surface area (Å²) in [5, 5.41) is 0.596. The summed E-state index contributed by atoms with van der Waals surface area (Å²) in [5.41, 5.74) is 0.232. The SMILES string of the molecule is CCSc1ccc(-c2ccc(Cl)cc2)nc1-c1nc2cc(C(F)(F)F)n(C)c(=O)c2n1C. The molecule has 0 saturated heterocycles. The zero-order valence-electron chi connectivity index (χ0n) is 17.4. The number of halogens is 4. The molecule has 3 aromatic heterocycles. The Hall–Kier alpha value is -2.78. The summed E-state index contributed by atoms with van der Waals surface area (Å²) < 4.78 is 42.3. The first-order valence-corrected chi connectivity index (χ1v) is 11.0. The van der Waals surface area contributed by atoms with Gasteiger partial charge in [0.1, 0.15) is 16.9 Å². The Morgan fingerprint density at radius 3 is 2.34 bits per heavy atom. The second kappa shape index (κ2) is 8.29. The number of alkyl halides is 3. The fourth-order valence-corrected chi connectivity index (χ4v) is 4.39. The molecule has 4 aromatic rings. The van der Waals surface area contributed by atoms with Crippen molar-refractivity contribution in [2.24, 2.45) is 14.1 Å². The number of pyridine rings is 2. The molecule has 0 N–H and O–H groups in total. The van der Waals surface area contributed by atoms with Crippen LogP contribution in [0.4, 0.5) is 13.2 Å². The number of benzene rings is 1. The fourth-order valence-electron chi connectivity index (χ4n) is 3.51. The molecule has 4 rings (SSSR count). The standard InChI is InChI=1S/C22H18ClF3N4OS/c1-4-32-16-10-9-14(12-5-7-13(23)8-6-12)27-18(16)20-28-15-11-17(22(24,25)26)29(2)21(31)19(15)30(20)3/h5-11H,4H2,1-3H3. The summed E-state index contributed by atoms with van der Waals surface area (Å²) in [6.45, 7) is 1.99. The van der Waals surface area contributed by atoms with Gasteiger partial charge in [0.25, 0.3) is 5.56 Å². The van der Waals surface area contributed by atoms with Crippen LogP contribution in [-0.4, -0.2) is 24.9 Å². The molecule has 0 saturated carbocycles. The van der Waals surface area contributed by atoms with Gasteiger partial charge >= 0.3 is 6.18 Å². The van der Waals surface area contributed by atoms with E-state index in [0.29, 0.717) is 26.8 Å². The highest BCUT2D eigenvalue weighted by atomic mass is 35.5. The predicted octanol–water partition coefficient (Wildman–Crippen LogP) is 5.79. The molecule has 0 unspecified atom stereocenters. The van der Waals surface area contributed by atoms with E-state index < -0.39 is 17.4 Å². The molecule has 0 amide bonds. The Bertz CT molecular complexity index is 1380. The second-order valence-electron chi connectivity index (χ2n) is 7.10. The van der Waals surface area contributed by atoms with Crippen molar-refractivity contribution < 1.29 is 13.2 Å². The van der Waals surface area contributed by atoms with Crippen LogP contribution >= 0.6 is 23.4 Å². The third-order valence-electron chi connectivity index (χ3n) is 5.06. The van der Waals surface area contributed by atoms with Crippen LogP contribution in [0.5, 0.6) is 0 Å². The molecular weight excluding hydrogens is 461 g/mol. The van der Waals surface area contributed by atoms with Gasteiger partial charge in [-0.1, -0.05) is 30.7 Å². The van der Waals surface area contributed by atoms with Gasteiger partial charge in [-0.2, -0.15) is 13.2 Å². The minimum Gasteiger partial charge on any atom is -0.321 e. The molecule has 0 atom stereocenters. The number of rotatable bonds is 4. The minimum absolute atomic E-state index is 0.0240. The smallest absolute Gasteiger partial charge is 0.321 e. The number of fused-ring (bicyclic) bond motifs is 1. The van der Waals surface area contributed by atoms with E-state index in [2.05, 4.69) is 4.98 Å². The van der Waals surface area contributed by atoms with Crippen molar-refractivity contribution in [1.29, 1.82) is 0 Å². The molecule has 1 aromatic carbocycles. The molecule has 166 valence electrons. The lowest BCUT2D eigenvalue weighted by molar-refractivity contribution is -0.143. The molecule has 0 fully saturated rings. The van der Waals surface area contributed by atoms with Crippen LogP contribution in [0.15, 0.2) is 52.2 Å². The summed E-state index contributed by atoms with van der Waals surface area (Å²) >= 11 is 7.52.